The Hall–Kier alpha value is -0.0800. The highest BCUT2D eigenvalue weighted by atomic mass is 16.3. The molecular weight excluding hydrogens is 198 g/mol. The number of hydrogen-bond acceptors (Lipinski definition) is 2. The van der Waals surface area contributed by atoms with Crippen molar-refractivity contribution < 1.29 is 5.11 Å². The third-order valence-electron chi connectivity index (χ3n) is 4.71. The van der Waals surface area contributed by atoms with Crippen LogP contribution in [0.5, 0.6) is 0 Å². The van der Waals surface area contributed by atoms with Crippen LogP contribution in [-0.4, -0.2) is 34.7 Å². The second-order valence-corrected chi connectivity index (χ2v) is 5.99. The van der Waals surface area contributed by atoms with Crippen molar-refractivity contribution >= 4 is 0 Å². The van der Waals surface area contributed by atoms with Gasteiger partial charge in [-0.05, 0) is 39.2 Å². The molecule has 2 rings (SSSR count). The second kappa shape index (κ2) is 5.05. The van der Waals surface area contributed by atoms with Crippen LogP contribution in [0.4, 0.5) is 0 Å². The van der Waals surface area contributed by atoms with Crippen molar-refractivity contribution in [3.63, 3.8) is 0 Å². The Labute approximate surface area is 100 Å². The van der Waals surface area contributed by atoms with Crippen molar-refractivity contribution in [1.82, 2.24) is 4.90 Å². The highest BCUT2D eigenvalue weighted by Crippen LogP contribution is 2.41. The molecule has 2 heteroatoms. The number of aliphatic hydroxyl groups is 1. The Bertz CT molecular complexity index is 215. The number of unbranched alkanes of at least 4 members (excludes halogenated alkanes) is 3. The Balaban J connectivity index is 1.80. The summed E-state index contributed by atoms with van der Waals surface area (Å²) < 4.78 is 0. The zero-order valence-corrected chi connectivity index (χ0v) is 10.9. The number of hydrogen-bond donors (Lipinski definition) is 1. The number of fused-ring (bicyclic) bond motifs is 2. The summed E-state index contributed by atoms with van der Waals surface area (Å²) in [7, 11) is 2.24. The van der Waals surface area contributed by atoms with E-state index in [4.69, 9.17) is 0 Å². The van der Waals surface area contributed by atoms with Gasteiger partial charge in [0.15, 0.2) is 0 Å². The van der Waals surface area contributed by atoms with E-state index in [2.05, 4.69) is 18.9 Å². The molecule has 0 aromatic carbocycles. The van der Waals surface area contributed by atoms with E-state index in [1.807, 2.05) is 0 Å². The zero-order chi connectivity index (χ0) is 11.6. The minimum atomic E-state index is -0.327. The van der Waals surface area contributed by atoms with E-state index in [-0.39, 0.29) is 5.60 Å². The molecule has 0 radical (unpaired) electrons. The molecule has 0 spiro atoms. The van der Waals surface area contributed by atoms with Crippen LogP contribution in [0.1, 0.15) is 64.7 Å². The molecule has 2 atom stereocenters. The minimum absolute atomic E-state index is 0.327. The van der Waals surface area contributed by atoms with E-state index < -0.39 is 0 Å². The van der Waals surface area contributed by atoms with Crippen molar-refractivity contribution in [3.8, 4) is 0 Å². The fourth-order valence-electron chi connectivity index (χ4n) is 3.63. The van der Waals surface area contributed by atoms with Gasteiger partial charge in [-0.1, -0.05) is 32.6 Å². The predicted octanol–water partition coefficient (Wildman–Crippen LogP) is 2.94. The van der Waals surface area contributed by atoms with Crippen molar-refractivity contribution in [2.24, 2.45) is 0 Å². The molecule has 2 bridgehead atoms. The first kappa shape index (κ1) is 12.4. The van der Waals surface area contributed by atoms with E-state index in [0.29, 0.717) is 12.1 Å². The summed E-state index contributed by atoms with van der Waals surface area (Å²) in [5.74, 6) is 0. The molecule has 2 unspecified atom stereocenters. The van der Waals surface area contributed by atoms with Gasteiger partial charge in [0, 0.05) is 12.1 Å². The first-order valence-electron chi connectivity index (χ1n) is 7.09. The average Bonchev–Trinajstić information content (AvgIpc) is 2.51. The van der Waals surface area contributed by atoms with Crippen LogP contribution in [0.15, 0.2) is 0 Å². The molecule has 2 saturated heterocycles. The van der Waals surface area contributed by atoms with Gasteiger partial charge in [-0.3, -0.25) is 0 Å². The molecule has 2 fully saturated rings. The molecule has 0 aliphatic carbocycles. The largest absolute Gasteiger partial charge is 0.390 e. The summed E-state index contributed by atoms with van der Waals surface area (Å²) in [4.78, 5) is 2.50. The lowest BCUT2D eigenvalue weighted by molar-refractivity contribution is -0.0514. The minimum Gasteiger partial charge on any atom is -0.390 e. The number of rotatable bonds is 5. The smallest absolute Gasteiger partial charge is 0.0677 e. The first-order chi connectivity index (χ1) is 7.64. The lowest BCUT2D eigenvalue weighted by Crippen LogP contribution is -2.49. The fraction of sp³-hybridized carbons (Fsp3) is 1.00. The third kappa shape index (κ3) is 2.60. The first-order valence-corrected chi connectivity index (χ1v) is 7.09. The molecule has 0 aromatic rings. The van der Waals surface area contributed by atoms with Gasteiger partial charge in [0.05, 0.1) is 5.60 Å². The molecule has 16 heavy (non-hydrogen) atoms. The van der Waals surface area contributed by atoms with Crippen molar-refractivity contribution in [3.05, 3.63) is 0 Å². The molecular formula is C14H27NO. The SMILES string of the molecule is CCCCCCC1(O)CC2CCC(C1)N2C. The van der Waals surface area contributed by atoms with Gasteiger partial charge in [0.2, 0.25) is 0 Å². The molecule has 2 nitrogen and oxygen atoms in total. The molecule has 0 amide bonds. The molecule has 1 N–H and O–H groups in total. The van der Waals surface area contributed by atoms with Crippen LogP contribution in [-0.2, 0) is 0 Å². The van der Waals surface area contributed by atoms with Gasteiger partial charge in [0.1, 0.15) is 0 Å². The lowest BCUT2D eigenvalue weighted by atomic mass is 9.82. The summed E-state index contributed by atoms with van der Waals surface area (Å²) >= 11 is 0. The summed E-state index contributed by atoms with van der Waals surface area (Å²) in [6.45, 7) is 2.24. The van der Waals surface area contributed by atoms with Crippen LogP contribution in [0.2, 0.25) is 0 Å². The molecule has 2 heterocycles. The average molecular weight is 225 g/mol. The van der Waals surface area contributed by atoms with Crippen molar-refractivity contribution in [2.75, 3.05) is 7.05 Å². The Morgan fingerprint density at radius 3 is 2.31 bits per heavy atom. The van der Waals surface area contributed by atoms with Crippen molar-refractivity contribution in [2.45, 2.75) is 82.4 Å². The van der Waals surface area contributed by atoms with Crippen LogP contribution >= 0.6 is 0 Å². The van der Waals surface area contributed by atoms with Gasteiger partial charge in [-0.2, -0.15) is 0 Å². The van der Waals surface area contributed by atoms with E-state index in [1.165, 1.54) is 38.5 Å². The molecule has 94 valence electrons. The highest BCUT2D eigenvalue weighted by Gasteiger charge is 2.45. The Morgan fingerprint density at radius 2 is 1.75 bits per heavy atom. The van der Waals surface area contributed by atoms with Gasteiger partial charge in [-0.15, -0.1) is 0 Å². The lowest BCUT2D eigenvalue weighted by Gasteiger charge is -2.42. The Kier molecular flexibility index (Phi) is 3.91. The maximum Gasteiger partial charge on any atom is 0.0677 e. The Morgan fingerprint density at radius 1 is 1.12 bits per heavy atom. The van der Waals surface area contributed by atoms with Gasteiger partial charge >= 0.3 is 0 Å². The van der Waals surface area contributed by atoms with Crippen LogP contribution < -0.4 is 0 Å². The number of nitrogens with zero attached hydrogens (tertiary/aromatic N) is 1. The summed E-state index contributed by atoms with van der Waals surface area (Å²) in [5, 5.41) is 10.6. The van der Waals surface area contributed by atoms with E-state index in [9.17, 15) is 5.11 Å². The van der Waals surface area contributed by atoms with Crippen molar-refractivity contribution in [1.29, 1.82) is 0 Å². The normalized spacial score (nSPS) is 39.2. The van der Waals surface area contributed by atoms with Gasteiger partial charge in [-0.25, -0.2) is 0 Å². The standard InChI is InChI=1S/C14H27NO/c1-3-4-5-6-9-14(16)10-12-7-8-13(11-14)15(12)2/h12-13,16H,3-11H2,1-2H3. The highest BCUT2D eigenvalue weighted by molar-refractivity contribution is 5.00. The second-order valence-electron chi connectivity index (χ2n) is 5.99. The monoisotopic (exact) mass is 225 g/mol. The molecule has 2 aliphatic rings. The number of piperidine rings is 1. The predicted molar refractivity (Wildman–Crippen MR) is 67.5 cm³/mol. The fourth-order valence-corrected chi connectivity index (χ4v) is 3.63. The van der Waals surface area contributed by atoms with Gasteiger partial charge < -0.3 is 10.0 Å². The third-order valence-corrected chi connectivity index (χ3v) is 4.71. The summed E-state index contributed by atoms with van der Waals surface area (Å²) in [6, 6.07) is 1.32. The molecule has 0 saturated carbocycles. The molecule has 0 aromatic heterocycles. The van der Waals surface area contributed by atoms with E-state index >= 15 is 0 Å². The summed E-state index contributed by atoms with van der Waals surface area (Å²) in [6.07, 6.45) is 10.8. The summed E-state index contributed by atoms with van der Waals surface area (Å²) in [5.41, 5.74) is -0.327. The van der Waals surface area contributed by atoms with Crippen LogP contribution in [0.25, 0.3) is 0 Å². The van der Waals surface area contributed by atoms with E-state index in [1.54, 1.807) is 0 Å². The van der Waals surface area contributed by atoms with Crippen LogP contribution in [0, 0.1) is 0 Å². The van der Waals surface area contributed by atoms with E-state index in [0.717, 1.165) is 19.3 Å². The topological polar surface area (TPSA) is 23.5 Å². The quantitative estimate of drug-likeness (QED) is 0.727. The molecule has 2 aliphatic heterocycles. The maximum absolute atomic E-state index is 10.6. The van der Waals surface area contributed by atoms with Crippen LogP contribution in [0.3, 0.4) is 0 Å². The van der Waals surface area contributed by atoms with Gasteiger partial charge in [0.25, 0.3) is 0 Å². The maximum atomic E-state index is 10.6. The zero-order valence-electron chi connectivity index (χ0n) is 10.9.